The first-order chi connectivity index (χ1) is 11.6. The van der Waals surface area contributed by atoms with Crippen LogP contribution >= 0.6 is 0 Å². The molecule has 1 N–H and O–H groups in total. The minimum atomic E-state index is -3.45. The molecule has 0 atom stereocenters. The molecule has 0 spiro atoms. The Morgan fingerprint density at radius 3 is 2.04 bits per heavy atom. The summed E-state index contributed by atoms with van der Waals surface area (Å²) in [5.41, 5.74) is 1.58. The highest BCUT2D eigenvalue weighted by molar-refractivity contribution is 7.92. The fraction of sp³-hybridized carbons (Fsp3) is 0.316. The molecule has 0 aliphatic carbocycles. The lowest BCUT2D eigenvalue weighted by molar-refractivity contribution is 0.0919. The second-order valence-corrected chi connectivity index (χ2v) is 8.91. The van der Waals surface area contributed by atoms with Gasteiger partial charge in [0.2, 0.25) is 10.0 Å². The third-order valence-corrected chi connectivity index (χ3v) is 4.62. The van der Waals surface area contributed by atoms with Gasteiger partial charge in [0.05, 0.1) is 18.5 Å². The number of hydrogen-bond donors (Lipinski definition) is 1. The van der Waals surface area contributed by atoms with Gasteiger partial charge in [-0.05, 0) is 50.6 Å². The number of carbonyl (C=O) groups excluding carboxylic acids is 1. The van der Waals surface area contributed by atoms with Crippen molar-refractivity contribution in [3.63, 3.8) is 0 Å². The van der Waals surface area contributed by atoms with Crippen LogP contribution in [0.5, 0.6) is 0 Å². The van der Waals surface area contributed by atoms with Gasteiger partial charge in [-0.2, -0.15) is 0 Å². The number of hydrogen-bond acceptors (Lipinski definition) is 3. The van der Waals surface area contributed by atoms with Gasteiger partial charge in [-0.25, -0.2) is 8.42 Å². The molecule has 5 nitrogen and oxygen atoms in total. The minimum absolute atomic E-state index is 0.187. The van der Waals surface area contributed by atoms with Crippen molar-refractivity contribution in [3.05, 3.63) is 65.7 Å². The molecule has 25 heavy (non-hydrogen) atoms. The Bertz CT molecular complexity index is 823. The van der Waals surface area contributed by atoms with Crippen LogP contribution in [0.4, 0.5) is 5.69 Å². The lowest BCUT2D eigenvalue weighted by Crippen LogP contribution is -2.40. The quantitative estimate of drug-likeness (QED) is 0.890. The fourth-order valence-electron chi connectivity index (χ4n) is 2.34. The van der Waals surface area contributed by atoms with Gasteiger partial charge in [-0.3, -0.25) is 9.10 Å². The second kappa shape index (κ2) is 7.27. The Balaban J connectivity index is 2.26. The first-order valence-corrected chi connectivity index (χ1v) is 9.85. The molecule has 1 amide bonds. The van der Waals surface area contributed by atoms with E-state index >= 15 is 0 Å². The zero-order chi connectivity index (χ0) is 18.7. The molecule has 0 aliphatic heterocycles. The molecule has 134 valence electrons. The van der Waals surface area contributed by atoms with E-state index in [2.05, 4.69) is 5.32 Å². The number of carbonyl (C=O) groups is 1. The molecule has 0 saturated carbocycles. The maximum Gasteiger partial charge on any atom is 0.251 e. The minimum Gasteiger partial charge on any atom is -0.347 e. The van der Waals surface area contributed by atoms with Crippen molar-refractivity contribution in [2.24, 2.45) is 0 Å². The Hall–Kier alpha value is -2.34. The predicted molar refractivity (Wildman–Crippen MR) is 101 cm³/mol. The third-order valence-electron chi connectivity index (χ3n) is 3.48. The largest absolute Gasteiger partial charge is 0.347 e. The molecule has 0 unspecified atom stereocenters. The molecule has 2 aromatic rings. The van der Waals surface area contributed by atoms with Gasteiger partial charge in [0, 0.05) is 11.1 Å². The summed E-state index contributed by atoms with van der Waals surface area (Å²) in [6.45, 7) is 5.97. The Morgan fingerprint density at radius 2 is 1.56 bits per heavy atom. The highest BCUT2D eigenvalue weighted by Crippen LogP contribution is 2.21. The average molecular weight is 360 g/mol. The van der Waals surface area contributed by atoms with E-state index in [-0.39, 0.29) is 18.0 Å². The summed E-state index contributed by atoms with van der Waals surface area (Å²) in [7, 11) is -3.45. The van der Waals surface area contributed by atoms with E-state index in [4.69, 9.17) is 0 Å². The number of rotatable bonds is 5. The van der Waals surface area contributed by atoms with Crippen LogP contribution in [-0.4, -0.2) is 26.1 Å². The van der Waals surface area contributed by atoms with Crippen LogP contribution in [0.25, 0.3) is 0 Å². The molecule has 0 saturated heterocycles. The van der Waals surface area contributed by atoms with Gasteiger partial charge in [0.1, 0.15) is 0 Å². The van der Waals surface area contributed by atoms with E-state index < -0.39 is 10.0 Å². The number of nitrogens with one attached hydrogen (secondary N) is 1. The summed E-state index contributed by atoms with van der Waals surface area (Å²) < 4.78 is 25.7. The summed E-state index contributed by atoms with van der Waals surface area (Å²) in [5, 5.41) is 2.88. The van der Waals surface area contributed by atoms with Crippen molar-refractivity contribution < 1.29 is 13.2 Å². The lowest BCUT2D eigenvalue weighted by atomic mass is 10.1. The first kappa shape index (κ1) is 19.0. The Labute approximate surface area is 149 Å². The van der Waals surface area contributed by atoms with Gasteiger partial charge in [-0.1, -0.05) is 30.3 Å². The molecular weight excluding hydrogens is 336 g/mol. The summed E-state index contributed by atoms with van der Waals surface area (Å²) in [6, 6.07) is 16.0. The monoisotopic (exact) mass is 360 g/mol. The standard InChI is InChI=1S/C19H24N2O3S/c1-19(2,3)20-18(22)16-10-12-17(13-11-16)21(25(4,23)24)14-15-8-6-5-7-9-15/h5-13H,14H2,1-4H3,(H,20,22). The number of anilines is 1. The number of amides is 1. The summed E-state index contributed by atoms with van der Waals surface area (Å²) in [4.78, 5) is 12.2. The van der Waals surface area contributed by atoms with Crippen LogP contribution in [0.1, 0.15) is 36.7 Å². The molecule has 6 heteroatoms. The van der Waals surface area contributed by atoms with E-state index in [0.717, 1.165) is 5.56 Å². The molecular formula is C19H24N2O3S. The smallest absolute Gasteiger partial charge is 0.251 e. The van der Waals surface area contributed by atoms with E-state index in [1.165, 1.54) is 10.6 Å². The number of benzene rings is 2. The molecule has 0 fully saturated rings. The highest BCUT2D eigenvalue weighted by atomic mass is 32.2. The van der Waals surface area contributed by atoms with Gasteiger partial charge in [0.25, 0.3) is 5.91 Å². The van der Waals surface area contributed by atoms with Gasteiger partial charge >= 0.3 is 0 Å². The van der Waals surface area contributed by atoms with Gasteiger partial charge in [-0.15, -0.1) is 0 Å². The Morgan fingerprint density at radius 1 is 1.00 bits per heavy atom. The molecule has 2 aromatic carbocycles. The van der Waals surface area contributed by atoms with Gasteiger partial charge in [0.15, 0.2) is 0 Å². The van der Waals surface area contributed by atoms with Crippen LogP contribution in [0, 0.1) is 0 Å². The topological polar surface area (TPSA) is 66.5 Å². The molecule has 0 radical (unpaired) electrons. The molecule has 0 aliphatic rings. The fourth-order valence-corrected chi connectivity index (χ4v) is 3.23. The van der Waals surface area contributed by atoms with Crippen LogP contribution in [0.15, 0.2) is 54.6 Å². The number of nitrogens with zero attached hydrogens (tertiary/aromatic N) is 1. The van der Waals surface area contributed by atoms with Crippen molar-refractivity contribution in [2.75, 3.05) is 10.6 Å². The lowest BCUT2D eigenvalue weighted by Gasteiger charge is -2.23. The van der Waals surface area contributed by atoms with Crippen molar-refractivity contribution in [1.29, 1.82) is 0 Å². The SMILES string of the molecule is CC(C)(C)NC(=O)c1ccc(N(Cc2ccccc2)S(C)(=O)=O)cc1. The van der Waals surface area contributed by atoms with Crippen LogP contribution in [-0.2, 0) is 16.6 Å². The van der Waals surface area contributed by atoms with Crippen molar-refractivity contribution in [2.45, 2.75) is 32.9 Å². The summed E-state index contributed by atoms with van der Waals surface area (Å²) >= 11 is 0. The number of sulfonamides is 1. The van der Waals surface area contributed by atoms with E-state index in [0.29, 0.717) is 11.3 Å². The van der Waals surface area contributed by atoms with Crippen molar-refractivity contribution in [3.8, 4) is 0 Å². The molecule has 0 heterocycles. The molecule has 0 bridgehead atoms. The zero-order valence-electron chi connectivity index (χ0n) is 15.0. The second-order valence-electron chi connectivity index (χ2n) is 7.01. The zero-order valence-corrected chi connectivity index (χ0v) is 15.8. The average Bonchev–Trinajstić information content (AvgIpc) is 2.51. The highest BCUT2D eigenvalue weighted by Gasteiger charge is 2.19. The maximum atomic E-state index is 12.2. The van der Waals surface area contributed by atoms with Gasteiger partial charge < -0.3 is 5.32 Å². The Kier molecular flexibility index (Phi) is 5.52. The first-order valence-electron chi connectivity index (χ1n) is 8.00. The van der Waals surface area contributed by atoms with Crippen LogP contribution < -0.4 is 9.62 Å². The molecule has 0 aromatic heterocycles. The van der Waals surface area contributed by atoms with Crippen molar-refractivity contribution in [1.82, 2.24) is 5.32 Å². The van der Waals surface area contributed by atoms with Crippen LogP contribution in [0.3, 0.4) is 0 Å². The normalized spacial score (nSPS) is 11.8. The maximum absolute atomic E-state index is 12.2. The molecule has 2 rings (SSSR count). The van der Waals surface area contributed by atoms with Crippen molar-refractivity contribution >= 4 is 21.6 Å². The predicted octanol–water partition coefficient (Wildman–Crippen LogP) is 3.18. The summed E-state index contributed by atoms with van der Waals surface area (Å²) in [6.07, 6.45) is 1.18. The van der Waals surface area contributed by atoms with E-state index in [9.17, 15) is 13.2 Å². The van der Waals surface area contributed by atoms with E-state index in [1.807, 2.05) is 51.1 Å². The van der Waals surface area contributed by atoms with Crippen LogP contribution in [0.2, 0.25) is 0 Å². The summed E-state index contributed by atoms with van der Waals surface area (Å²) in [5.74, 6) is -0.187. The third kappa shape index (κ3) is 5.60. The van der Waals surface area contributed by atoms with E-state index in [1.54, 1.807) is 24.3 Å².